The average Bonchev–Trinajstić information content (AvgIpc) is 2.70. The summed E-state index contributed by atoms with van der Waals surface area (Å²) < 4.78 is 5.73. The Morgan fingerprint density at radius 3 is 2.78 bits per heavy atom. The summed E-state index contributed by atoms with van der Waals surface area (Å²) in [5.74, 6) is 1.48. The summed E-state index contributed by atoms with van der Waals surface area (Å²) in [4.78, 5) is 9.07. The van der Waals surface area contributed by atoms with Gasteiger partial charge in [0.25, 0.3) is 0 Å². The van der Waals surface area contributed by atoms with Gasteiger partial charge in [0, 0.05) is 31.5 Å². The molecule has 0 aromatic carbocycles. The quantitative estimate of drug-likeness (QED) is 0.431. The molecule has 1 fully saturated rings. The SMILES string of the molecule is CCCOc1ncccc1CN=C(NCC)NCC1(CCO)CCCCC1. The molecule has 0 radical (unpaired) electrons. The molecule has 152 valence electrons. The Kier molecular flexibility index (Phi) is 9.39. The van der Waals surface area contributed by atoms with Crippen molar-refractivity contribution in [3.05, 3.63) is 23.9 Å². The van der Waals surface area contributed by atoms with Gasteiger partial charge in [-0.05, 0) is 44.1 Å². The maximum absolute atomic E-state index is 9.51. The van der Waals surface area contributed by atoms with Crippen molar-refractivity contribution in [2.24, 2.45) is 10.4 Å². The maximum atomic E-state index is 9.51. The van der Waals surface area contributed by atoms with E-state index in [0.717, 1.165) is 37.5 Å². The molecule has 1 aliphatic carbocycles. The molecule has 1 heterocycles. The molecule has 0 amide bonds. The summed E-state index contributed by atoms with van der Waals surface area (Å²) in [7, 11) is 0. The van der Waals surface area contributed by atoms with Crippen LogP contribution in [-0.2, 0) is 6.54 Å². The molecule has 6 heteroatoms. The van der Waals surface area contributed by atoms with Gasteiger partial charge in [-0.1, -0.05) is 32.3 Å². The standard InChI is InChI=1S/C21H36N4O2/c1-3-15-27-19-18(9-8-13-23-19)16-24-20(22-4-2)25-17-21(12-14-26)10-6-5-7-11-21/h8-9,13,26H,3-7,10-12,14-17H2,1-2H3,(H2,22,24,25). The molecule has 2 rings (SSSR count). The normalized spacial score (nSPS) is 16.8. The summed E-state index contributed by atoms with van der Waals surface area (Å²) in [5, 5.41) is 16.4. The lowest BCUT2D eigenvalue weighted by molar-refractivity contribution is 0.131. The molecule has 0 bridgehead atoms. The van der Waals surface area contributed by atoms with Crippen molar-refractivity contribution in [2.45, 2.75) is 65.3 Å². The van der Waals surface area contributed by atoms with Gasteiger partial charge in [0.1, 0.15) is 0 Å². The number of aliphatic hydroxyl groups excluding tert-OH is 1. The molecule has 0 saturated heterocycles. The van der Waals surface area contributed by atoms with Gasteiger partial charge in [-0.25, -0.2) is 9.98 Å². The number of rotatable bonds is 10. The molecule has 1 aromatic heterocycles. The van der Waals surface area contributed by atoms with Crippen LogP contribution in [0.15, 0.2) is 23.3 Å². The summed E-state index contributed by atoms with van der Waals surface area (Å²) in [6, 6.07) is 3.93. The molecule has 0 atom stereocenters. The number of nitrogens with zero attached hydrogens (tertiary/aromatic N) is 2. The molecule has 1 aliphatic rings. The van der Waals surface area contributed by atoms with Gasteiger partial charge in [0.05, 0.1) is 13.2 Å². The second-order valence-corrected chi connectivity index (χ2v) is 7.40. The van der Waals surface area contributed by atoms with Crippen LogP contribution in [0.1, 0.15) is 64.4 Å². The zero-order valence-corrected chi connectivity index (χ0v) is 17.0. The molecule has 1 aromatic rings. The third-order valence-corrected chi connectivity index (χ3v) is 5.23. The molecule has 0 unspecified atom stereocenters. The van der Waals surface area contributed by atoms with Crippen molar-refractivity contribution < 1.29 is 9.84 Å². The van der Waals surface area contributed by atoms with Gasteiger partial charge < -0.3 is 20.5 Å². The summed E-state index contributed by atoms with van der Waals surface area (Å²) in [6.45, 7) is 7.26. The Morgan fingerprint density at radius 1 is 1.26 bits per heavy atom. The Bertz CT molecular complexity index is 566. The molecular weight excluding hydrogens is 340 g/mol. The van der Waals surface area contributed by atoms with Crippen molar-refractivity contribution in [1.82, 2.24) is 15.6 Å². The van der Waals surface area contributed by atoms with Gasteiger partial charge in [-0.15, -0.1) is 0 Å². The van der Waals surface area contributed by atoms with Gasteiger partial charge >= 0.3 is 0 Å². The molecule has 0 spiro atoms. The first-order valence-electron chi connectivity index (χ1n) is 10.4. The minimum Gasteiger partial charge on any atom is -0.477 e. The zero-order valence-electron chi connectivity index (χ0n) is 17.0. The van der Waals surface area contributed by atoms with Crippen LogP contribution in [0.5, 0.6) is 5.88 Å². The highest BCUT2D eigenvalue weighted by atomic mass is 16.5. The van der Waals surface area contributed by atoms with E-state index in [1.807, 2.05) is 12.1 Å². The first-order valence-corrected chi connectivity index (χ1v) is 10.4. The van der Waals surface area contributed by atoms with E-state index in [1.165, 1.54) is 32.1 Å². The zero-order chi connectivity index (χ0) is 19.4. The van der Waals surface area contributed by atoms with E-state index in [0.29, 0.717) is 19.0 Å². The fraction of sp³-hybridized carbons (Fsp3) is 0.714. The van der Waals surface area contributed by atoms with Crippen LogP contribution in [0.3, 0.4) is 0 Å². The molecular formula is C21H36N4O2. The first kappa shape index (κ1) is 21.5. The Balaban J connectivity index is 2.01. The van der Waals surface area contributed by atoms with E-state index in [-0.39, 0.29) is 12.0 Å². The number of aliphatic hydroxyl groups is 1. The van der Waals surface area contributed by atoms with Crippen LogP contribution in [0.2, 0.25) is 0 Å². The maximum Gasteiger partial charge on any atom is 0.218 e. The van der Waals surface area contributed by atoms with E-state index >= 15 is 0 Å². The lowest BCUT2D eigenvalue weighted by atomic mass is 9.72. The van der Waals surface area contributed by atoms with Crippen molar-refractivity contribution in [3.8, 4) is 5.88 Å². The minimum absolute atomic E-state index is 0.187. The first-order chi connectivity index (χ1) is 13.2. The van der Waals surface area contributed by atoms with Crippen LogP contribution in [0.4, 0.5) is 0 Å². The van der Waals surface area contributed by atoms with E-state index in [9.17, 15) is 5.11 Å². The molecule has 0 aliphatic heterocycles. The average molecular weight is 377 g/mol. The van der Waals surface area contributed by atoms with Crippen molar-refractivity contribution in [1.29, 1.82) is 0 Å². The number of hydrogen-bond acceptors (Lipinski definition) is 4. The predicted octanol–water partition coefficient (Wildman–Crippen LogP) is 3.26. The van der Waals surface area contributed by atoms with Gasteiger partial charge in [0.15, 0.2) is 5.96 Å². The Hall–Kier alpha value is -1.82. The third-order valence-electron chi connectivity index (χ3n) is 5.23. The van der Waals surface area contributed by atoms with Crippen LogP contribution < -0.4 is 15.4 Å². The number of hydrogen-bond donors (Lipinski definition) is 3. The fourth-order valence-electron chi connectivity index (χ4n) is 3.70. The third kappa shape index (κ3) is 7.01. The number of pyridine rings is 1. The highest BCUT2D eigenvalue weighted by Gasteiger charge is 2.31. The summed E-state index contributed by atoms with van der Waals surface area (Å²) in [5.41, 5.74) is 1.18. The number of nitrogens with one attached hydrogen (secondary N) is 2. The van der Waals surface area contributed by atoms with E-state index < -0.39 is 0 Å². The van der Waals surface area contributed by atoms with Crippen molar-refractivity contribution in [3.63, 3.8) is 0 Å². The molecule has 1 saturated carbocycles. The summed E-state index contributed by atoms with van der Waals surface area (Å²) >= 11 is 0. The van der Waals surface area contributed by atoms with Gasteiger partial charge in [0.2, 0.25) is 5.88 Å². The summed E-state index contributed by atoms with van der Waals surface area (Å²) in [6.07, 6.45) is 9.74. The monoisotopic (exact) mass is 376 g/mol. The van der Waals surface area contributed by atoms with E-state index in [4.69, 9.17) is 9.73 Å². The minimum atomic E-state index is 0.187. The molecule has 3 N–H and O–H groups in total. The van der Waals surface area contributed by atoms with Crippen LogP contribution in [-0.4, -0.2) is 42.4 Å². The van der Waals surface area contributed by atoms with Crippen LogP contribution >= 0.6 is 0 Å². The molecule has 27 heavy (non-hydrogen) atoms. The number of aliphatic imine (C=N–C) groups is 1. The van der Waals surface area contributed by atoms with E-state index in [2.05, 4.69) is 29.5 Å². The number of ether oxygens (including phenoxy) is 1. The highest BCUT2D eigenvalue weighted by Crippen LogP contribution is 2.38. The van der Waals surface area contributed by atoms with Crippen LogP contribution in [0.25, 0.3) is 0 Å². The Morgan fingerprint density at radius 2 is 2.07 bits per heavy atom. The Labute approximate surface area is 163 Å². The number of guanidine groups is 1. The van der Waals surface area contributed by atoms with Crippen LogP contribution in [0, 0.1) is 5.41 Å². The highest BCUT2D eigenvalue weighted by molar-refractivity contribution is 5.79. The largest absolute Gasteiger partial charge is 0.477 e. The second kappa shape index (κ2) is 11.8. The second-order valence-electron chi connectivity index (χ2n) is 7.40. The fourth-order valence-corrected chi connectivity index (χ4v) is 3.70. The smallest absolute Gasteiger partial charge is 0.218 e. The van der Waals surface area contributed by atoms with Gasteiger partial charge in [-0.2, -0.15) is 0 Å². The number of aromatic nitrogens is 1. The lowest BCUT2D eigenvalue weighted by Gasteiger charge is -2.37. The molecule has 6 nitrogen and oxygen atoms in total. The van der Waals surface area contributed by atoms with Crippen molar-refractivity contribution >= 4 is 5.96 Å². The predicted molar refractivity (Wildman–Crippen MR) is 110 cm³/mol. The van der Waals surface area contributed by atoms with E-state index in [1.54, 1.807) is 6.20 Å². The lowest BCUT2D eigenvalue weighted by Crippen LogP contribution is -2.45. The topological polar surface area (TPSA) is 78.8 Å². The van der Waals surface area contributed by atoms with Gasteiger partial charge in [-0.3, -0.25) is 0 Å². The van der Waals surface area contributed by atoms with Crippen molar-refractivity contribution in [2.75, 3.05) is 26.3 Å².